The molecule has 0 amide bonds. The Labute approximate surface area is 95.4 Å². The minimum Gasteiger partial charge on any atom is -0.296 e. The van der Waals surface area contributed by atoms with Crippen molar-refractivity contribution in [3.63, 3.8) is 0 Å². The minimum absolute atomic E-state index is 0.363. The molecule has 0 aliphatic rings. The zero-order valence-corrected chi connectivity index (χ0v) is 13.9. The largest absolute Gasteiger partial charge is 0.296 e. The van der Waals surface area contributed by atoms with Gasteiger partial charge >= 0.3 is 0 Å². The SMILES string of the molecule is CC(C)N(C(C)C)C(C)[Si]([SiH3])(Cl)Cl. The van der Waals surface area contributed by atoms with Crippen molar-refractivity contribution in [3.05, 3.63) is 0 Å². The Balaban J connectivity index is 4.56. The molecule has 0 N–H and O–H groups in total. The Morgan fingerprint density at radius 1 is 1.00 bits per heavy atom. The summed E-state index contributed by atoms with van der Waals surface area (Å²) in [6, 6.07) is 1.04. The highest BCUT2D eigenvalue weighted by Gasteiger charge is 2.35. The lowest BCUT2D eigenvalue weighted by atomic mass is 10.2. The predicted octanol–water partition coefficient (Wildman–Crippen LogP) is 1.81. The summed E-state index contributed by atoms with van der Waals surface area (Å²) in [5.41, 5.74) is 0.363. The summed E-state index contributed by atoms with van der Waals surface area (Å²) in [6.45, 7) is 11.0. The molecule has 5 heteroatoms. The summed E-state index contributed by atoms with van der Waals surface area (Å²) in [5, 5.41) is 0. The van der Waals surface area contributed by atoms with Gasteiger partial charge in [-0.05, 0) is 34.6 Å². The lowest BCUT2D eigenvalue weighted by molar-refractivity contribution is 0.162. The molecular formula is C8H21Cl2NSi2. The fourth-order valence-corrected chi connectivity index (χ4v) is 4.44. The van der Waals surface area contributed by atoms with Gasteiger partial charge in [0.1, 0.15) is 0 Å². The van der Waals surface area contributed by atoms with Crippen LogP contribution in [0.15, 0.2) is 0 Å². The molecule has 0 bridgehead atoms. The van der Waals surface area contributed by atoms with Gasteiger partial charge in [-0.3, -0.25) is 4.90 Å². The average molecular weight is 258 g/mol. The normalized spacial score (nSPS) is 16.2. The Morgan fingerprint density at radius 3 is 1.38 bits per heavy atom. The first kappa shape index (κ1) is 14.0. The van der Waals surface area contributed by atoms with Gasteiger partial charge in [0.15, 0.2) is 0 Å². The standard InChI is InChI=1S/C8H21Cl2NSi2/c1-6(2)11(7(3)4)8(5)13(9,10)12/h6-8H,1-5,12H3. The maximum atomic E-state index is 6.29. The molecule has 0 heterocycles. The Hall–Kier alpha value is 0.974. The van der Waals surface area contributed by atoms with E-state index in [1.54, 1.807) is 0 Å². The number of hydrogen-bond donors (Lipinski definition) is 0. The van der Waals surface area contributed by atoms with E-state index in [0.717, 1.165) is 9.76 Å². The molecule has 1 nitrogen and oxygen atoms in total. The first-order chi connectivity index (χ1) is 5.68. The molecule has 0 aromatic rings. The van der Waals surface area contributed by atoms with Crippen LogP contribution >= 0.6 is 22.2 Å². The van der Waals surface area contributed by atoms with E-state index in [-0.39, 0.29) is 0 Å². The van der Waals surface area contributed by atoms with Crippen LogP contribution in [0, 0.1) is 0 Å². The summed E-state index contributed by atoms with van der Waals surface area (Å²) in [4.78, 5) is 2.42. The van der Waals surface area contributed by atoms with Crippen LogP contribution in [0.25, 0.3) is 0 Å². The average Bonchev–Trinajstić information content (AvgIpc) is 1.82. The summed E-state index contributed by atoms with van der Waals surface area (Å²) in [7, 11) is 0.929. The fourth-order valence-electron chi connectivity index (χ4n) is 1.75. The van der Waals surface area contributed by atoms with Gasteiger partial charge < -0.3 is 0 Å². The monoisotopic (exact) mass is 257 g/mol. The molecule has 0 aliphatic heterocycles. The first-order valence-electron chi connectivity index (χ1n) is 4.83. The summed E-state index contributed by atoms with van der Waals surface area (Å²) in [5.74, 6) is 0. The number of rotatable bonds is 4. The van der Waals surface area contributed by atoms with Gasteiger partial charge in [0.05, 0.1) is 0 Å². The second kappa shape index (κ2) is 5.17. The van der Waals surface area contributed by atoms with E-state index in [4.69, 9.17) is 22.2 Å². The topological polar surface area (TPSA) is 3.24 Å². The van der Waals surface area contributed by atoms with E-state index in [1.807, 2.05) is 0 Å². The molecule has 0 radical (unpaired) electrons. The van der Waals surface area contributed by atoms with Crippen LogP contribution in [0.2, 0.25) is 0 Å². The van der Waals surface area contributed by atoms with Crippen molar-refractivity contribution in [2.75, 3.05) is 0 Å². The van der Waals surface area contributed by atoms with E-state index < -0.39 is 6.21 Å². The van der Waals surface area contributed by atoms with E-state index in [1.165, 1.54) is 0 Å². The molecule has 0 saturated carbocycles. The smallest absolute Gasteiger partial charge is 0.243 e. The zero-order valence-electron chi connectivity index (χ0n) is 9.44. The highest BCUT2D eigenvalue weighted by atomic mass is 35.7. The van der Waals surface area contributed by atoms with Crippen molar-refractivity contribution in [2.45, 2.75) is 52.4 Å². The molecule has 13 heavy (non-hydrogen) atoms. The lowest BCUT2D eigenvalue weighted by Gasteiger charge is -2.39. The van der Waals surface area contributed by atoms with E-state index in [0.29, 0.717) is 17.7 Å². The second-order valence-electron chi connectivity index (χ2n) is 4.27. The Kier molecular flexibility index (Phi) is 5.55. The van der Waals surface area contributed by atoms with E-state index in [2.05, 4.69) is 39.5 Å². The van der Waals surface area contributed by atoms with Crippen molar-refractivity contribution in [2.24, 2.45) is 0 Å². The lowest BCUT2D eigenvalue weighted by Crippen LogP contribution is -2.54. The third-order valence-corrected chi connectivity index (χ3v) is 8.54. The second-order valence-corrected chi connectivity index (χ2v) is 20.8. The summed E-state index contributed by atoms with van der Waals surface area (Å²) >= 11 is 12.6. The molecule has 80 valence electrons. The number of hydrogen-bond acceptors (Lipinski definition) is 1. The van der Waals surface area contributed by atoms with Gasteiger partial charge in [0, 0.05) is 27.5 Å². The minimum atomic E-state index is -1.94. The van der Waals surface area contributed by atoms with Gasteiger partial charge in [-0.1, -0.05) is 0 Å². The molecule has 0 aromatic heterocycles. The van der Waals surface area contributed by atoms with Crippen LogP contribution in [0.3, 0.4) is 0 Å². The van der Waals surface area contributed by atoms with Crippen molar-refractivity contribution >= 4 is 38.1 Å². The van der Waals surface area contributed by atoms with Crippen LogP contribution in [0.5, 0.6) is 0 Å². The van der Waals surface area contributed by atoms with Gasteiger partial charge in [-0.25, -0.2) is 0 Å². The predicted molar refractivity (Wildman–Crippen MR) is 69.0 cm³/mol. The molecule has 0 spiro atoms. The van der Waals surface area contributed by atoms with Crippen molar-refractivity contribution in [1.82, 2.24) is 4.90 Å². The number of halogens is 2. The maximum absolute atomic E-state index is 6.29. The van der Waals surface area contributed by atoms with Crippen LogP contribution in [-0.4, -0.2) is 38.6 Å². The van der Waals surface area contributed by atoms with Crippen LogP contribution in [0.4, 0.5) is 0 Å². The third kappa shape index (κ3) is 4.34. The molecule has 0 rings (SSSR count). The summed E-state index contributed by atoms with van der Waals surface area (Å²) < 4.78 is 0. The van der Waals surface area contributed by atoms with Crippen molar-refractivity contribution < 1.29 is 0 Å². The van der Waals surface area contributed by atoms with Crippen LogP contribution in [-0.2, 0) is 0 Å². The quantitative estimate of drug-likeness (QED) is 0.549. The molecule has 1 unspecified atom stereocenters. The molecule has 0 aromatic carbocycles. The van der Waals surface area contributed by atoms with Crippen molar-refractivity contribution in [1.29, 1.82) is 0 Å². The molecule has 0 saturated heterocycles. The van der Waals surface area contributed by atoms with E-state index >= 15 is 0 Å². The first-order valence-corrected chi connectivity index (χ1v) is 12.4. The van der Waals surface area contributed by atoms with E-state index in [9.17, 15) is 0 Å². The molecule has 0 fully saturated rings. The van der Waals surface area contributed by atoms with Crippen molar-refractivity contribution in [3.8, 4) is 0 Å². The number of nitrogens with zero attached hydrogens (tertiary/aromatic N) is 1. The maximum Gasteiger partial charge on any atom is 0.243 e. The third-order valence-electron chi connectivity index (χ3n) is 2.37. The van der Waals surface area contributed by atoms with Crippen LogP contribution in [0.1, 0.15) is 34.6 Å². The highest BCUT2D eigenvalue weighted by Crippen LogP contribution is 2.23. The van der Waals surface area contributed by atoms with Gasteiger partial charge in [0.2, 0.25) is 6.21 Å². The molecule has 0 aliphatic carbocycles. The Bertz CT molecular complexity index is 149. The van der Waals surface area contributed by atoms with Gasteiger partial charge in [-0.2, -0.15) is 0 Å². The highest BCUT2D eigenvalue weighted by molar-refractivity contribution is 7.63. The van der Waals surface area contributed by atoms with Gasteiger partial charge in [0.25, 0.3) is 0 Å². The zero-order chi connectivity index (χ0) is 10.8. The van der Waals surface area contributed by atoms with Gasteiger partial charge in [-0.15, -0.1) is 22.2 Å². The Morgan fingerprint density at radius 2 is 1.31 bits per heavy atom. The summed E-state index contributed by atoms with van der Waals surface area (Å²) in [6.07, 6.45) is -1.94. The molecule has 1 atom stereocenters. The van der Waals surface area contributed by atoms with Crippen LogP contribution < -0.4 is 0 Å². The molecular weight excluding hydrogens is 237 g/mol. The fraction of sp³-hybridized carbons (Fsp3) is 1.00.